The van der Waals surface area contributed by atoms with Crippen LogP contribution in [0, 0.1) is 6.92 Å². The molecule has 120 valence electrons. The molecule has 0 aliphatic carbocycles. The zero-order valence-corrected chi connectivity index (χ0v) is 13.3. The molecule has 4 heterocycles. The van der Waals surface area contributed by atoms with Crippen LogP contribution in [0.25, 0.3) is 22.7 Å². The molecule has 0 atom stereocenters. The Morgan fingerprint density at radius 3 is 2.71 bits per heavy atom. The normalized spacial score (nSPS) is 11.2. The minimum Gasteiger partial charge on any atom is -0.343 e. The predicted molar refractivity (Wildman–Crippen MR) is 88.1 cm³/mol. The smallest absolute Gasteiger partial charge is 0.277 e. The number of aromatic amines is 1. The number of aromatic nitrogens is 7. The summed E-state index contributed by atoms with van der Waals surface area (Å²) in [5, 5.41) is 8.52. The number of aryl methyl sites for hydroxylation is 1. The second-order valence-corrected chi connectivity index (χ2v) is 5.43. The van der Waals surface area contributed by atoms with Crippen molar-refractivity contribution in [3.05, 3.63) is 58.7 Å². The molecule has 0 radical (unpaired) electrons. The van der Waals surface area contributed by atoms with Gasteiger partial charge in [0.15, 0.2) is 0 Å². The van der Waals surface area contributed by atoms with E-state index in [0.29, 0.717) is 18.0 Å². The Morgan fingerprint density at radius 1 is 1.17 bits per heavy atom. The third kappa shape index (κ3) is 2.11. The van der Waals surface area contributed by atoms with Crippen molar-refractivity contribution in [3.8, 4) is 17.1 Å². The van der Waals surface area contributed by atoms with E-state index in [4.69, 9.17) is 0 Å². The van der Waals surface area contributed by atoms with Gasteiger partial charge in [0.25, 0.3) is 5.56 Å². The Kier molecular flexibility index (Phi) is 3.23. The summed E-state index contributed by atoms with van der Waals surface area (Å²) in [5.41, 5.74) is 3.80. The highest BCUT2D eigenvalue weighted by molar-refractivity contribution is 5.76. The second-order valence-electron chi connectivity index (χ2n) is 5.43. The number of nitrogens with zero attached hydrogens (tertiary/aromatic N) is 6. The van der Waals surface area contributed by atoms with Crippen LogP contribution in [0.15, 0.2) is 41.8 Å². The minimum absolute atomic E-state index is 0.0891. The Balaban J connectivity index is 1.86. The molecule has 0 fully saturated rings. The van der Waals surface area contributed by atoms with Gasteiger partial charge in [-0.15, -0.1) is 0 Å². The average Bonchev–Trinajstić information content (AvgIpc) is 3.22. The molecule has 8 heteroatoms. The van der Waals surface area contributed by atoms with Crippen LogP contribution in [0.3, 0.4) is 0 Å². The first kappa shape index (κ1) is 14.3. The average molecular weight is 321 g/mol. The van der Waals surface area contributed by atoms with Crippen molar-refractivity contribution >= 4 is 5.65 Å². The topological polar surface area (TPSA) is 93.8 Å². The number of rotatable bonds is 3. The van der Waals surface area contributed by atoms with E-state index in [1.165, 1.54) is 4.52 Å². The Morgan fingerprint density at radius 2 is 1.96 bits per heavy atom. The van der Waals surface area contributed by atoms with E-state index < -0.39 is 0 Å². The molecule has 0 amide bonds. The molecule has 0 bridgehead atoms. The first-order valence-electron chi connectivity index (χ1n) is 7.61. The third-order valence-corrected chi connectivity index (χ3v) is 3.98. The van der Waals surface area contributed by atoms with Gasteiger partial charge in [-0.25, -0.2) is 14.6 Å². The summed E-state index contributed by atoms with van der Waals surface area (Å²) >= 11 is 0. The van der Waals surface area contributed by atoms with Gasteiger partial charge in [0.1, 0.15) is 5.65 Å². The number of hydrogen-bond donors (Lipinski definition) is 1. The van der Waals surface area contributed by atoms with Crippen LogP contribution in [0.1, 0.15) is 18.2 Å². The molecule has 8 nitrogen and oxygen atoms in total. The van der Waals surface area contributed by atoms with Gasteiger partial charge < -0.3 is 4.98 Å². The van der Waals surface area contributed by atoms with Crippen molar-refractivity contribution in [1.82, 2.24) is 34.3 Å². The van der Waals surface area contributed by atoms with Crippen molar-refractivity contribution in [2.24, 2.45) is 0 Å². The Labute approximate surface area is 136 Å². The van der Waals surface area contributed by atoms with Crippen molar-refractivity contribution < 1.29 is 0 Å². The lowest BCUT2D eigenvalue weighted by Gasteiger charge is -2.04. The molecule has 0 spiro atoms. The summed E-state index contributed by atoms with van der Waals surface area (Å²) in [7, 11) is 0. The van der Waals surface area contributed by atoms with E-state index in [1.807, 2.05) is 20.0 Å². The highest BCUT2D eigenvalue weighted by Gasteiger charge is 2.15. The first-order valence-corrected chi connectivity index (χ1v) is 7.61. The second kappa shape index (κ2) is 5.41. The van der Waals surface area contributed by atoms with E-state index in [2.05, 4.69) is 25.1 Å². The van der Waals surface area contributed by atoms with Crippen LogP contribution >= 0.6 is 0 Å². The van der Waals surface area contributed by atoms with Gasteiger partial charge in [0, 0.05) is 41.0 Å². The zero-order chi connectivity index (χ0) is 16.7. The standard InChI is InChI=1S/C16H15N7O/c1-3-12-10(2)21-14-13(8-20-23(14)15(12)24)11-7-19-22(9-11)16-17-5-4-6-18-16/h4-9,21H,3H2,1-2H3. The zero-order valence-electron chi connectivity index (χ0n) is 13.3. The lowest BCUT2D eigenvalue weighted by molar-refractivity contribution is 0.808. The lowest BCUT2D eigenvalue weighted by atomic mass is 10.1. The molecular weight excluding hydrogens is 306 g/mol. The van der Waals surface area contributed by atoms with Crippen molar-refractivity contribution in [2.45, 2.75) is 20.3 Å². The summed E-state index contributed by atoms with van der Waals surface area (Å²) in [6.07, 6.45) is 9.16. The summed E-state index contributed by atoms with van der Waals surface area (Å²) in [6, 6.07) is 1.75. The maximum absolute atomic E-state index is 12.5. The summed E-state index contributed by atoms with van der Waals surface area (Å²) in [4.78, 5) is 24.1. The molecule has 0 saturated carbocycles. The Hall–Kier alpha value is -3.29. The molecule has 0 aliphatic heterocycles. The van der Waals surface area contributed by atoms with E-state index in [0.717, 1.165) is 22.4 Å². The predicted octanol–water partition coefficient (Wildman–Crippen LogP) is 1.54. The maximum Gasteiger partial charge on any atom is 0.277 e. The van der Waals surface area contributed by atoms with Crippen LogP contribution < -0.4 is 5.56 Å². The highest BCUT2D eigenvalue weighted by Crippen LogP contribution is 2.23. The molecule has 1 N–H and O–H groups in total. The number of fused-ring (bicyclic) bond motifs is 1. The van der Waals surface area contributed by atoms with Crippen LogP contribution in [0.5, 0.6) is 0 Å². The van der Waals surface area contributed by atoms with Crippen molar-refractivity contribution in [2.75, 3.05) is 0 Å². The van der Waals surface area contributed by atoms with Crippen LogP contribution in [0.2, 0.25) is 0 Å². The fourth-order valence-corrected chi connectivity index (χ4v) is 2.77. The van der Waals surface area contributed by atoms with Gasteiger partial charge in [-0.2, -0.15) is 14.7 Å². The molecule has 24 heavy (non-hydrogen) atoms. The molecule has 4 rings (SSSR count). The van der Waals surface area contributed by atoms with Gasteiger partial charge in [-0.3, -0.25) is 4.79 Å². The lowest BCUT2D eigenvalue weighted by Crippen LogP contribution is -2.21. The fourth-order valence-electron chi connectivity index (χ4n) is 2.77. The molecule has 0 aromatic carbocycles. The van der Waals surface area contributed by atoms with Gasteiger partial charge >= 0.3 is 0 Å². The van der Waals surface area contributed by atoms with Gasteiger partial charge in [-0.1, -0.05) is 6.92 Å². The van der Waals surface area contributed by atoms with E-state index in [-0.39, 0.29) is 5.56 Å². The molecule has 0 unspecified atom stereocenters. The summed E-state index contributed by atoms with van der Waals surface area (Å²) in [5.74, 6) is 0.484. The fraction of sp³-hybridized carbons (Fsp3) is 0.188. The van der Waals surface area contributed by atoms with Crippen molar-refractivity contribution in [3.63, 3.8) is 0 Å². The number of hydrogen-bond acceptors (Lipinski definition) is 5. The molecule has 0 aliphatic rings. The highest BCUT2D eigenvalue weighted by atomic mass is 16.1. The molecular formula is C16H15N7O. The van der Waals surface area contributed by atoms with Crippen molar-refractivity contribution in [1.29, 1.82) is 0 Å². The molecule has 0 saturated heterocycles. The molecule has 4 aromatic heterocycles. The quantitative estimate of drug-likeness (QED) is 0.617. The maximum atomic E-state index is 12.5. The monoisotopic (exact) mass is 321 g/mol. The van der Waals surface area contributed by atoms with E-state index in [9.17, 15) is 4.79 Å². The summed E-state index contributed by atoms with van der Waals surface area (Å²) in [6.45, 7) is 3.86. The minimum atomic E-state index is -0.0891. The number of H-pyrrole nitrogens is 1. The SMILES string of the molecule is CCc1c(C)[nH]c2c(-c3cnn(-c4ncccn4)c3)cnn2c1=O. The van der Waals surface area contributed by atoms with E-state index in [1.54, 1.807) is 35.5 Å². The van der Waals surface area contributed by atoms with E-state index >= 15 is 0 Å². The third-order valence-electron chi connectivity index (χ3n) is 3.98. The summed E-state index contributed by atoms with van der Waals surface area (Å²) < 4.78 is 2.99. The number of nitrogens with one attached hydrogen (secondary N) is 1. The largest absolute Gasteiger partial charge is 0.343 e. The van der Waals surface area contributed by atoms with Gasteiger partial charge in [-0.05, 0) is 19.4 Å². The van der Waals surface area contributed by atoms with Crippen LogP contribution in [-0.4, -0.2) is 34.3 Å². The van der Waals surface area contributed by atoms with Crippen LogP contribution in [0.4, 0.5) is 0 Å². The van der Waals surface area contributed by atoms with Crippen LogP contribution in [-0.2, 0) is 6.42 Å². The Bertz CT molecular complexity index is 1070. The van der Waals surface area contributed by atoms with Gasteiger partial charge in [0.05, 0.1) is 12.4 Å². The first-order chi connectivity index (χ1) is 11.7. The molecule has 4 aromatic rings. The van der Waals surface area contributed by atoms with Gasteiger partial charge in [0.2, 0.25) is 5.95 Å².